The Kier molecular flexibility index (Phi) is 5.20. The van der Waals surface area contributed by atoms with Crippen molar-refractivity contribution in [1.82, 2.24) is 5.32 Å². The maximum absolute atomic E-state index is 12.7. The van der Waals surface area contributed by atoms with Crippen molar-refractivity contribution in [1.29, 1.82) is 0 Å². The Morgan fingerprint density at radius 1 is 0.810 bits per heavy atom. The van der Waals surface area contributed by atoms with E-state index in [1.54, 1.807) is 0 Å². The lowest BCUT2D eigenvalue weighted by Gasteiger charge is -2.45. The lowest BCUT2D eigenvalue weighted by atomic mass is 9.67. The summed E-state index contributed by atoms with van der Waals surface area (Å²) in [7, 11) is 0. The zero-order valence-corrected chi connectivity index (χ0v) is 13.4. The molecule has 3 fully saturated rings. The van der Waals surface area contributed by atoms with Crippen LogP contribution in [0.15, 0.2) is 0 Å². The fraction of sp³-hybridized carbons (Fsp3) is 0.944. The first-order chi connectivity index (χ1) is 10.2. The molecule has 0 aromatic rings. The van der Waals surface area contributed by atoms with Crippen LogP contribution in [0.1, 0.15) is 77.0 Å². The minimum atomic E-state index is 0.279. The molecule has 2 unspecified atom stereocenters. The minimum Gasteiger partial charge on any atom is -0.353 e. The van der Waals surface area contributed by atoms with Crippen LogP contribution in [0.2, 0.25) is 0 Å². The van der Waals surface area contributed by atoms with Gasteiger partial charge in [0.2, 0.25) is 5.91 Å². The number of amides is 1. The number of hydrogen-bond donors (Lipinski definition) is 2. The third-order valence-corrected chi connectivity index (χ3v) is 6.16. The summed E-state index contributed by atoms with van der Waals surface area (Å²) >= 11 is 0. The molecule has 0 aliphatic heterocycles. The quantitative estimate of drug-likeness (QED) is 0.820. The van der Waals surface area contributed by atoms with Gasteiger partial charge < -0.3 is 11.1 Å². The fourth-order valence-electron chi connectivity index (χ4n) is 5.03. The molecular weight excluding hydrogens is 260 g/mol. The molecule has 0 aromatic heterocycles. The molecule has 3 aliphatic carbocycles. The lowest BCUT2D eigenvalue weighted by molar-refractivity contribution is -0.128. The van der Waals surface area contributed by atoms with Crippen molar-refractivity contribution in [3.63, 3.8) is 0 Å². The summed E-state index contributed by atoms with van der Waals surface area (Å²) in [6.07, 6.45) is 14.8. The van der Waals surface area contributed by atoms with Crippen molar-refractivity contribution in [3.8, 4) is 0 Å². The van der Waals surface area contributed by atoms with Gasteiger partial charge in [0.15, 0.2) is 0 Å². The Bertz CT molecular complexity index is 335. The van der Waals surface area contributed by atoms with E-state index in [2.05, 4.69) is 5.32 Å². The SMILES string of the molecule is NC1CC2CCCC(C1)C2NC(=O)C1CCCCCCC1. The Labute approximate surface area is 129 Å². The fourth-order valence-corrected chi connectivity index (χ4v) is 5.03. The normalized spacial score (nSPS) is 38.3. The summed E-state index contributed by atoms with van der Waals surface area (Å²) in [6, 6.07) is 0.798. The van der Waals surface area contributed by atoms with Gasteiger partial charge in [-0.05, 0) is 50.4 Å². The molecular formula is C18H32N2O. The minimum absolute atomic E-state index is 0.279. The molecule has 3 heteroatoms. The highest BCUT2D eigenvalue weighted by Gasteiger charge is 2.40. The molecule has 1 amide bonds. The molecule has 3 saturated carbocycles. The van der Waals surface area contributed by atoms with Crippen molar-refractivity contribution in [3.05, 3.63) is 0 Å². The highest BCUT2D eigenvalue weighted by atomic mass is 16.1. The number of nitrogens with one attached hydrogen (secondary N) is 1. The van der Waals surface area contributed by atoms with Gasteiger partial charge in [-0.25, -0.2) is 0 Å². The highest BCUT2D eigenvalue weighted by Crippen LogP contribution is 2.40. The van der Waals surface area contributed by atoms with Gasteiger partial charge in [-0.1, -0.05) is 38.5 Å². The smallest absolute Gasteiger partial charge is 0.223 e. The summed E-state index contributed by atoms with van der Waals surface area (Å²) in [5.41, 5.74) is 6.19. The van der Waals surface area contributed by atoms with Crippen LogP contribution in [-0.2, 0) is 4.79 Å². The molecule has 0 saturated heterocycles. The van der Waals surface area contributed by atoms with E-state index in [1.807, 2.05) is 0 Å². The second-order valence-corrected chi connectivity index (χ2v) is 7.76. The molecule has 3 aliphatic rings. The molecule has 3 N–H and O–H groups in total. The summed E-state index contributed by atoms with van der Waals surface area (Å²) in [5.74, 6) is 1.92. The topological polar surface area (TPSA) is 55.1 Å². The van der Waals surface area contributed by atoms with Crippen LogP contribution in [0.5, 0.6) is 0 Å². The Morgan fingerprint density at radius 2 is 1.38 bits per heavy atom. The van der Waals surface area contributed by atoms with Gasteiger partial charge >= 0.3 is 0 Å². The van der Waals surface area contributed by atoms with Crippen LogP contribution in [-0.4, -0.2) is 18.0 Å². The maximum atomic E-state index is 12.7. The molecule has 0 aromatic carbocycles. The lowest BCUT2D eigenvalue weighted by Crippen LogP contribution is -2.54. The van der Waals surface area contributed by atoms with Gasteiger partial charge in [0.05, 0.1) is 0 Å². The molecule has 0 spiro atoms. The van der Waals surface area contributed by atoms with E-state index in [9.17, 15) is 4.79 Å². The van der Waals surface area contributed by atoms with Crippen molar-refractivity contribution >= 4 is 5.91 Å². The third-order valence-electron chi connectivity index (χ3n) is 6.16. The number of nitrogens with two attached hydrogens (primary N) is 1. The van der Waals surface area contributed by atoms with Gasteiger partial charge in [0.1, 0.15) is 0 Å². The molecule has 2 bridgehead atoms. The summed E-state index contributed by atoms with van der Waals surface area (Å²) in [5, 5.41) is 3.46. The van der Waals surface area contributed by atoms with Crippen LogP contribution < -0.4 is 11.1 Å². The summed E-state index contributed by atoms with van der Waals surface area (Å²) < 4.78 is 0. The Balaban J connectivity index is 1.58. The standard InChI is InChI=1S/C18H32N2O/c19-16-11-14-9-6-10-15(12-16)17(14)20-18(21)13-7-4-2-1-3-5-8-13/h13-17H,1-12,19H2,(H,20,21). The number of hydrogen-bond acceptors (Lipinski definition) is 2. The van der Waals surface area contributed by atoms with E-state index in [0.717, 1.165) is 25.7 Å². The largest absolute Gasteiger partial charge is 0.353 e. The molecule has 3 rings (SSSR count). The van der Waals surface area contributed by atoms with Gasteiger partial charge in [-0.3, -0.25) is 4.79 Å². The molecule has 3 nitrogen and oxygen atoms in total. The van der Waals surface area contributed by atoms with Crippen molar-refractivity contribution in [2.45, 2.75) is 89.1 Å². The third kappa shape index (κ3) is 3.80. The molecule has 2 atom stereocenters. The molecule has 21 heavy (non-hydrogen) atoms. The van der Waals surface area contributed by atoms with E-state index in [0.29, 0.717) is 29.8 Å². The number of carbonyl (C=O) groups is 1. The first-order valence-corrected chi connectivity index (χ1v) is 9.30. The average Bonchev–Trinajstić information content (AvgIpc) is 2.39. The second-order valence-electron chi connectivity index (χ2n) is 7.76. The van der Waals surface area contributed by atoms with E-state index in [4.69, 9.17) is 5.73 Å². The van der Waals surface area contributed by atoms with E-state index >= 15 is 0 Å². The van der Waals surface area contributed by atoms with Crippen LogP contribution in [0.25, 0.3) is 0 Å². The van der Waals surface area contributed by atoms with E-state index < -0.39 is 0 Å². The van der Waals surface area contributed by atoms with E-state index in [1.165, 1.54) is 51.4 Å². The molecule has 0 radical (unpaired) electrons. The van der Waals surface area contributed by atoms with Crippen molar-refractivity contribution in [2.24, 2.45) is 23.5 Å². The number of fused-ring (bicyclic) bond motifs is 2. The Hall–Kier alpha value is -0.570. The second kappa shape index (κ2) is 7.13. The number of rotatable bonds is 2. The molecule has 120 valence electrons. The zero-order chi connectivity index (χ0) is 14.7. The summed E-state index contributed by atoms with van der Waals surface area (Å²) in [6.45, 7) is 0. The predicted molar refractivity (Wildman–Crippen MR) is 85.8 cm³/mol. The van der Waals surface area contributed by atoms with Gasteiger partial charge in [-0.15, -0.1) is 0 Å². The number of carbonyl (C=O) groups excluding carboxylic acids is 1. The van der Waals surface area contributed by atoms with Crippen LogP contribution in [0, 0.1) is 17.8 Å². The van der Waals surface area contributed by atoms with Crippen molar-refractivity contribution < 1.29 is 4.79 Å². The van der Waals surface area contributed by atoms with Gasteiger partial charge in [0.25, 0.3) is 0 Å². The van der Waals surface area contributed by atoms with Gasteiger partial charge in [-0.2, -0.15) is 0 Å². The predicted octanol–water partition coefficient (Wildman–Crippen LogP) is 3.37. The summed E-state index contributed by atoms with van der Waals surface area (Å²) in [4.78, 5) is 12.7. The van der Waals surface area contributed by atoms with Crippen LogP contribution in [0.3, 0.4) is 0 Å². The molecule has 0 heterocycles. The van der Waals surface area contributed by atoms with Crippen LogP contribution >= 0.6 is 0 Å². The average molecular weight is 292 g/mol. The van der Waals surface area contributed by atoms with E-state index in [-0.39, 0.29) is 5.92 Å². The van der Waals surface area contributed by atoms with Crippen LogP contribution in [0.4, 0.5) is 0 Å². The zero-order valence-electron chi connectivity index (χ0n) is 13.4. The first-order valence-electron chi connectivity index (χ1n) is 9.30. The monoisotopic (exact) mass is 292 g/mol. The maximum Gasteiger partial charge on any atom is 0.223 e. The van der Waals surface area contributed by atoms with Crippen molar-refractivity contribution in [2.75, 3.05) is 0 Å². The highest BCUT2D eigenvalue weighted by molar-refractivity contribution is 5.79. The van der Waals surface area contributed by atoms with Gasteiger partial charge in [0, 0.05) is 18.0 Å². The Morgan fingerprint density at radius 3 is 2.00 bits per heavy atom. The first kappa shape index (κ1) is 15.3.